The summed E-state index contributed by atoms with van der Waals surface area (Å²) in [5.74, 6) is -0.626. The van der Waals surface area contributed by atoms with Crippen molar-refractivity contribution < 1.29 is 19.3 Å². The topological polar surface area (TPSA) is 47.9 Å². The molecule has 4 nitrogen and oxygen atoms in total. The maximum absolute atomic E-state index is 9.82. The molecule has 2 aliphatic heterocycles. The highest BCUT2D eigenvalue weighted by Gasteiger charge is 2.57. The lowest BCUT2D eigenvalue weighted by atomic mass is 9.84. The van der Waals surface area contributed by atoms with Crippen molar-refractivity contribution in [2.24, 2.45) is 5.92 Å². The molecule has 0 aromatic carbocycles. The molecular weight excluding hydrogens is 208 g/mol. The number of hydrogen-bond acceptors (Lipinski definition) is 4. The molecule has 2 fully saturated rings. The zero-order valence-corrected chi connectivity index (χ0v) is 9.42. The highest BCUT2D eigenvalue weighted by atomic mass is 16.8. The first kappa shape index (κ1) is 10.5. The molecule has 0 unspecified atom stereocenters. The molecule has 0 aromatic heterocycles. The summed E-state index contributed by atoms with van der Waals surface area (Å²) in [5, 5.41) is 9.82. The van der Waals surface area contributed by atoms with Crippen molar-refractivity contribution in [3.63, 3.8) is 0 Å². The molecule has 0 saturated carbocycles. The van der Waals surface area contributed by atoms with E-state index in [0.717, 1.165) is 5.57 Å². The number of aliphatic hydroxyl groups is 1. The second-order valence-electron chi connectivity index (χ2n) is 5.02. The lowest BCUT2D eigenvalue weighted by Gasteiger charge is -2.30. The summed E-state index contributed by atoms with van der Waals surface area (Å²) >= 11 is 0. The Bertz CT molecular complexity index is 360. The van der Waals surface area contributed by atoms with Gasteiger partial charge in [-0.25, -0.2) is 0 Å². The zero-order valence-electron chi connectivity index (χ0n) is 9.42. The van der Waals surface area contributed by atoms with Crippen LogP contribution >= 0.6 is 0 Å². The van der Waals surface area contributed by atoms with E-state index in [1.54, 1.807) is 6.08 Å². The Labute approximate surface area is 94.5 Å². The average Bonchev–Trinajstić information content (AvgIpc) is 2.64. The van der Waals surface area contributed by atoms with Gasteiger partial charge in [0.1, 0.15) is 6.10 Å². The Morgan fingerprint density at radius 2 is 2.06 bits per heavy atom. The maximum Gasteiger partial charge on any atom is 0.188 e. The molecule has 3 rings (SSSR count). The summed E-state index contributed by atoms with van der Waals surface area (Å²) in [5.41, 5.74) is 0.934. The van der Waals surface area contributed by atoms with E-state index in [0.29, 0.717) is 0 Å². The number of rotatable bonds is 0. The molecule has 1 N–H and O–H groups in total. The summed E-state index contributed by atoms with van der Waals surface area (Å²) in [6.45, 7) is 7.71. The van der Waals surface area contributed by atoms with Crippen LogP contribution in [-0.4, -0.2) is 35.5 Å². The minimum absolute atomic E-state index is 0.00762. The first-order valence-electron chi connectivity index (χ1n) is 5.54. The second-order valence-corrected chi connectivity index (χ2v) is 5.02. The third kappa shape index (κ3) is 1.38. The van der Waals surface area contributed by atoms with E-state index in [4.69, 9.17) is 14.2 Å². The van der Waals surface area contributed by atoms with Gasteiger partial charge >= 0.3 is 0 Å². The lowest BCUT2D eigenvalue weighted by Crippen LogP contribution is -2.38. The average molecular weight is 224 g/mol. The molecule has 2 heterocycles. The molecule has 0 spiro atoms. The van der Waals surface area contributed by atoms with Gasteiger partial charge in [-0.15, -0.1) is 0 Å². The van der Waals surface area contributed by atoms with E-state index in [1.165, 1.54) is 0 Å². The molecule has 5 atom stereocenters. The van der Waals surface area contributed by atoms with Gasteiger partial charge in [0.25, 0.3) is 0 Å². The molecule has 2 saturated heterocycles. The van der Waals surface area contributed by atoms with Crippen molar-refractivity contribution in [1.29, 1.82) is 0 Å². The Balaban J connectivity index is 1.90. The van der Waals surface area contributed by atoms with Crippen molar-refractivity contribution in [2.45, 2.75) is 44.2 Å². The standard InChI is InChI=1S/C12H16O4/c1-6-4-5-7(13)9-8(6)10-11(14-9)16-12(2,3)15-10/h4-5,7-11,13H,1H2,2-3H3/t7-,8-,9-,10-,11-/m1/s1. The summed E-state index contributed by atoms with van der Waals surface area (Å²) in [7, 11) is 0. The van der Waals surface area contributed by atoms with E-state index in [2.05, 4.69) is 6.58 Å². The number of hydrogen-bond donors (Lipinski definition) is 1. The summed E-state index contributed by atoms with van der Waals surface area (Å²) in [6, 6.07) is 0. The van der Waals surface area contributed by atoms with E-state index in [-0.39, 0.29) is 18.1 Å². The van der Waals surface area contributed by atoms with Crippen molar-refractivity contribution >= 4 is 0 Å². The SMILES string of the molecule is C=C1C=C[C@@H](O)[C@H]2O[C@@H]3OC(C)(C)O[C@@H]3[C@H]12. The molecular formula is C12H16O4. The highest BCUT2D eigenvalue weighted by molar-refractivity contribution is 5.29. The van der Waals surface area contributed by atoms with Gasteiger partial charge in [-0.05, 0) is 19.4 Å². The first-order chi connectivity index (χ1) is 7.48. The molecule has 0 bridgehead atoms. The number of fused-ring (bicyclic) bond motifs is 3. The van der Waals surface area contributed by atoms with Crippen LogP contribution in [0.1, 0.15) is 13.8 Å². The molecule has 0 amide bonds. The third-order valence-electron chi connectivity index (χ3n) is 3.36. The van der Waals surface area contributed by atoms with Crippen LogP contribution in [0.3, 0.4) is 0 Å². The molecule has 0 aromatic rings. The Morgan fingerprint density at radius 3 is 2.81 bits per heavy atom. The minimum Gasteiger partial charge on any atom is -0.386 e. The van der Waals surface area contributed by atoms with Gasteiger partial charge in [0.15, 0.2) is 12.1 Å². The normalized spacial score (nSPS) is 49.2. The first-order valence-corrected chi connectivity index (χ1v) is 5.54. The van der Waals surface area contributed by atoms with Crippen LogP contribution in [0.4, 0.5) is 0 Å². The highest BCUT2D eigenvalue weighted by Crippen LogP contribution is 2.45. The van der Waals surface area contributed by atoms with Gasteiger partial charge in [-0.3, -0.25) is 0 Å². The van der Waals surface area contributed by atoms with E-state index in [9.17, 15) is 5.11 Å². The smallest absolute Gasteiger partial charge is 0.188 e. The van der Waals surface area contributed by atoms with Gasteiger partial charge in [0, 0.05) is 5.92 Å². The maximum atomic E-state index is 9.82. The largest absolute Gasteiger partial charge is 0.386 e. The van der Waals surface area contributed by atoms with E-state index >= 15 is 0 Å². The molecule has 88 valence electrons. The van der Waals surface area contributed by atoms with Gasteiger partial charge < -0.3 is 19.3 Å². The molecule has 4 heteroatoms. The lowest BCUT2D eigenvalue weighted by molar-refractivity contribution is -0.216. The summed E-state index contributed by atoms with van der Waals surface area (Å²) in [4.78, 5) is 0. The van der Waals surface area contributed by atoms with Crippen molar-refractivity contribution in [1.82, 2.24) is 0 Å². The third-order valence-corrected chi connectivity index (χ3v) is 3.36. The van der Waals surface area contributed by atoms with Crippen molar-refractivity contribution in [3.05, 3.63) is 24.3 Å². The Morgan fingerprint density at radius 1 is 1.31 bits per heavy atom. The van der Waals surface area contributed by atoms with Gasteiger partial charge in [-0.1, -0.05) is 18.7 Å². The molecule has 0 radical (unpaired) electrons. The second kappa shape index (κ2) is 3.17. The van der Waals surface area contributed by atoms with E-state index in [1.807, 2.05) is 19.9 Å². The molecule has 16 heavy (non-hydrogen) atoms. The quantitative estimate of drug-likeness (QED) is 0.666. The summed E-state index contributed by atoms with van der Waals surface area (Å²) < 4.78 is 17.1. The Kier molecular flexibility index (Phi) is 2.07. The molecule has 3 aliphatic rings. The van der Waals surface area contributed by atoms with Crippen molar-refractivity contribution in [3.8, 4) is 0 Å². The van der Waals surface area contributed by atoms with Crippen LogP contribution in [0.15, 0.2) is 24.3 Å². The van der Waals surface area contributed by atoms with Crippen LogP contribution < -0.4 is 0 Å². The van der Waals surface area contributed by atoms with Crippen LogP contribution in [0, 0.1) is 5.92 Å². The van der Waals surface area contributed by atoms with Crippen LogP contribution in [0.2, 0.25) is 0 Å². The predicted octanol–water partition coefficient (Wildman–Crippen LogP) is 0.966. The number of aliphatic hydroxyl groups excluding tert-OH is 1. The van der Waals surface area contributed by atoms with Crippen LogP contribution in [0.5, 0.6) is 0 Å². The predicted molar refractivity (Wildman–Crippen MR) is 56.5 cm³/mol. The fraction of sp³-hybridized carbons (Fsp3) is 0.667. The van der Waals surface area contributed by atoms with Crippen molar-refractivity contribution in [2.75, 3.05) is 0 Å². The monoisotopic (exact) mass is 224 g/mol. The summed E-state index contributed by atoms with van der Waals surface area (Å²) in [6.07, 6.45) is 2.10. The fourth-order valence-electron chi connectivity index (χ4n) is 2.69. The minimum atomic E-state index is -0.618. The van der Waals surface area contributed by atoms with E-state index < -0.39 is 18.2 Å². The molecule has 1 aliphatic carbocycles. The zero-order chi connectivity index (χ0) is 11.5. The van der Waals surface area contributed by atoms with Crippen LogP contribution in [0.25, 0.3) is 0 Å². The van der Waals surface area contributed by atoms with Gasteiger partial charge in [0.05, 0.1) is 12.2 Å². The Hall–Kier alpha value is -0.680. The number of allylic oxidation sites excluding steroid dienone is 1. The fourth-order valence-corrected chi connectivity index (χ4v) is 2.69. The van der Waals surface area contributed by atoms with Gasteiger partial charge in [-0.2, -0.15) is 0 Å². The number of ether oxygens (including phenoxy) is 3. The van der Waals surface area contributed by atoms with Gasteiger partial charge in [0.2, 0.25) is 0 Å². The van der Waals surface area contributed by atoms with Crippen LogP contribution in [-0.2, 0) is 14.2 Å².